The third-order valence-corrected chi connectivity index (χ3v) is 2.87. The number of hydrogen-bond donors (Lipinski definition) is 2. The summed E-state index contributed by atoms with van der Waals surface area (Å²) in [5, 5.41) is 11.4. The fourth-order valence-electron chi connectivity index (χ4n) is 2.02. The number of fused-ring (bicyclic) bond motifs is 1. The van der Waals surface area contributed by atoms with Gasteiger partial charge in [-0.2, -0.15) is 4.98 Å². The Morgan fingerprint density at radius 2 is 2.44 bits per heavy atom. The Labute approximate surface area is 93.2 Å². The normalized spacial score (nSPS) is 21.1. The zero-order chi connectivity index (χ0) is 10.8. The molecule has 2 N–H and O–H groups in total. The summed E-state index contributed by atoms with van der Waals surface area (Å²) in [5.41, 5.74) is 0.591. The number of piperidine rings is 1. The van der Waals surface area contributed by atoms with Crippen molar-refractivity contribution in [3.05, 3.63) is 18.3 Å². The summed E-state index contributed by atoms with van der Waals surface area (Å²) in [5.74, 6) is 0.859. The Morgan fingerprint density at radius 1 is 1.44 bits per heavy atom. The van der Waals surface area contributed by atoms with E-state index in [4.69, 9.17) is 4.52 Å². The Morgan fingerprint density at radius 3 is 3.31 bits per heavy atom. The van der Waals surface area contributed by atoms with Crippen molar-refractivity contribution in [1.82, 2.24) is 15.5 Å². The summed E-state index contributed by atoms with van der Waals surface area (Å²) < 4.78 is 5.03. The largest absolute Gasteiger partial charge is 0.366 e. The van der Waals surface area contributed by atoms with Crippen molar-refractivity contribution in [3.63, 3.8) is 0 Å². The molecule has 1 saturated heterocycles. The molecule has 0 saturated carbocycles. The van der Waals surface area contributed by atoms with Gasteiger partial charge in [0.25, 0.3) is 5.71 Å². The minimum Gasteiger partial charge on any atom is -0.366 e. The fourth-order valence-corrected chi connectivity index (χ4v) is 2.02. The summed E-state index contributed by atoms with van der Waals surface area (Å²) in [6.07, 6.45) is 4.07. The summed E-state index contributed by atoms with van der Waals surface area (Å²) in [7, 11) is 0. The molecule has 3 heterocycles. The molecule has 1 aliphatic rings. The van der Waals surface area contributed by atoms with Gasteiger partial charge in [0.1, 0.15) is 5.82 Å². The average Bonchev–Trinajstić information content (AvgIpc) is 2.77. The van der Waals surface area contributed by atoms with Crippen LogP contribution in [0.2, 0.25) is 0 Å². The molecular formula is C11H14N4O. The van der Waals surface area contributed by atoms with E-state index >= 15 is 0 Å². The van der Waals surface area contributed by atoms with Crippen molar-refractivity contribution >= 4 is 16.9 Å². The SMILES string of the molecule is c1cc2cnoc2nc1NC1CCCNC1. The summed E-state index contributed by atoms with van der Waals surface area (Å²) in [6, 6.07) is 4.40. The van der Waals surface area contributed by atoms with E-state index in [-0.39, 0.29) is 0 Å². The van der Waals surface area contributed by atoms with E-state index in [2.05, 4.69) is 20.8 Å². The molecular weight excluding hydrogens is 204 g/mol. The van der Waals surface area contributed by atoms with Crippen molar-refractivity contribution < 1.29 is 4.52 Å². The van der Waals surface area contributed by atoms with Crippen LogP contribution in [0.4, 0.5) is 5.82 Å². The van der Waals surface area contributed by atoms with Gasteiger partial charge in [-0.05, 0) is 31.5 Å². The lowest BCUT2D eigenvalue weighted by Crippen LogP contribution is -2.38. The number of hydrogen-bond acceptors (Lipinski definition) is 5. The van der Waals surface area contributed by atoms with Crippen LogP contribution in [0, 0.1) is 0 Å². The number of nitrogens with zero attached hydrogens (tertiary/aromatic N) is 2. The third-order valence-electron chi connectivity index (χ3n) is 2.87. The van der Waals surface area contributed by atoms with Gasteiger partial charge in [-0.3, -0.25) is 0 Å². The number of rotatable bonds is 2. The Kier molecular flexibility index (Phi) is 2.46. The second kappa shape index (κ2) is 4.09. The Balaban J connectivity index is 1.77. The summed E-state index contributed by atoms with van der Waals surface area (Å²) in [6.45, 7) is 2.11. The molecule has 2 aromatic heterocycles. The maximum Gasteiger partial charge on any atom is 0.259 e. The predicted octanol–water partition coefficient (Wildman–Crippen LogP) is 1.39. The second-order valence-corrected chi connectivity index (χ2v) is 4.10. The van der Waals surface area contributed by atoms with E-state index in [1.807, 2.05) is 12.1 Å². The van der Waals surface area contributed by atoms with Gasteiger partial charge in [0, 0.05) is 12.6 Å². The van der Waals surface area contributed by atoms with E-state index in [0.29, 0.717) is 11.8 Å². The van der Waals surface area contributed by atoms with Gasteiger partial charge >= 0.3 is 0 Å². The first-order valence-electron chi connectivity index (χ1n) is 5.60. The molecule has 5 heteroatoms. The number of aromatic nitrogens is 2. The third kappa shape index (κ3) is 1.86. The average molecular weight is 218 g/mol. The minimum absolute atomic E-state index is 0.460. The number of anilines is 1. The molecule has 1 fully saturated rings. The molecule has 0 bridgehead atoms. The molecule has 0 radical (unpaired) electrons. The molecule has 0 aromatic carbocycles. The minimum atomic E-state index is 0.460. The second-order valence-electron chi connectivity index (χ2n) is 4.10. The molecule has 84 valence electrons. The fraction of sp³-hybridized carbons (Fsp3) is 0.455. The van der Waals surface area contributed by atoms with E-state index in [1.165, 1.54) is 12.8 Å². The first-order valence-corrected chi connectivity index (χ1v) is 5.60. The van der Waals surface area contributed by atoms with Crippen LogP contribution < -0.4 is 10.6 Å². The highest BCUT2D eigenvalue weighted by Gasteiger charge is 2.13. The van der Waals surface area contributed by atoms with Crippen LogP contribution in [-0.2, 0) is 0 Å². The van der Waals surface area contributed by atoms with Crippen LogP contribution in [0.15, 0.2) is 22.9 Å². The van der Waals surface area contributed by atoms with E-state index in [1.54, 1.807) is 6.20 Å². The highest BCUT2D eigenvalue weighted by atomic mass is 16.5. The first kappa shape index (κ1) is 9.59. The van der Waals surface area contributed by atoms with Crippen LogP contribution in [0.3, 0.4) is 0 Å². The smallest absolute Gasteiger partial charge is 0.259 e. The van der Waals surface area contributed by atoms with Gasteiger partial charge in [-0.1, -0.05) is 5.16 Å². The lowest BCUT2D eigenvalue weighted by atomic mass is 10.1. The molecule has 3 rings (SSSR count). The molecule has 2 aromatic rings. The Bertz CT molecular complexity index is 476. The molecule has 5 nitrogen and oxygen atoms in total. The highest BCUT2D eigenvalue weighted by molar-refractivity contribution is 5.73. The first-order chi connectivity index (χ1) is 7.92. The van der Waals surface area contributed by atoms with E-state index in [9.17, 15) is 0 Å². The monoisotopic (exact) mass is 218 g/mol. The van der Waals surface area contributed by atoms with Crippen molar-refractivity contribution in [2.75, 3.05) is 18.4 Å². The van der Waals surface area contributed by atoms with Crippen LogP contribution in [0.1, 0.15) is 12.8 Å². The summed E-state index contributed by atoms with van der Waals surface area (Å²) >= 11 is 0. The van der Waals surface area contributed by atoms with Crippen LogP contribution in [-0.4, -0.2) is 29.3 Å². The predicted molar refractivity (Wildman–Crippen MR) is 61.3 cm³/mol. The van der Waals surface area contributed by atoms with Gasteiger partial charge in [0.2, 0.25) is 0 Å². The van der Waals surface area contributed by atoms with Crippen LogP contribution in [0.25, 0.3) is 11.1 Å². The number of nitrogens with one attached hydrogen (secondary N) is 2. The van der Waals surface area contributed by atoms with Crippen molar-refractivity contribution in [1.29, 1.82) is 0 Å². The molecule has 16 heavy (non-hydrogen) atoms. The maximum atomic E-state index is 5.03. The van der Waals surface area contributed by atoms with Gasteiger partial charge in [0.05, 0.1) is 11.6 Å². The zero-order valence-electron chi connectivity index (χ0n) is 8.94. The molecule has 1 atom stereocenters. The molecule has 0 amide bonds. The van der Waals surface area contributed by atoms with Crippen molar-refractivity contribution in [3.8, 4) is 0 Å². The molecule has 1 aliphatic heterocycles. The number of pyridine rings is 1. The van der Waals surface area contributed by atoms with Gasteiger partial charge in [-0.25, -0.2) is 0 Å². The highest BCUT2D eigenvalue weighted by Crippen LogP contribution is 2.16. The van der Waals surface area contributed by atoms with Gasteiger partial charge < -0.3 is 15.2 Å². The standard InChI is InChI=1S/C11H14N4O/c1-2-9(7-12-5-1)14-10-4-3-8-6-13-16-11(8)15-10/h3-4,6,9,12H,1-2,5,7H2,(H,14,15). The molecule has 1 unspecified atom stereocenters. The van der Waals surface area contributed by atoms with Crippen LogP contribution in [0.5, 0.6) is 0 Å². The van der Waals surface area contributed by atoms with E-state index < -0.39 is 0 Å². The Hall–Kier alpha value is -1.62. The van der Waals surface area contributed by atoms with E-state index in [0.717, 1.165) is 24.3 Å². The van der Waals surface area contributed by atoms with Crippen molar-refractivity contribution in [2.24, 2.45) is 0 Å². The quantitative estimate of drug-likeness (QED) is 0.797. The summed E-state index contributed by atoms with van der Waals surface area (Å²) in [4.78, 5) is 4.36. The van der Waals surface area contributed by atoms with Gasteiger partial charge in [0.15, 0.2) is 0 Å². The van der Waals surface area contributed by atoms with Crippen LogP contribution >= 0.6 is 0 Å². The lowest BCUT2D eigenvalue weighted by Gasteiger charge is -2.24. The maximum absolute atomic E-state index is 5.03. The lowest BCUT2D eigenvalue weighted by molar-refractivity contribution is 0.448. The molecule has 0 aliphatic carbocycles. The van der Waals surface area contributed by atoms with Gasteiger partial charge in [-0.15, -0.1) is 0 Å². The molecule has 0 spiro atoms. The topological polar surface area (TPSA) is 63.0 Å². The van der Waals surface area contributed by atoms with Crippen molar-refractivity contribution in [2.45, 2.75) is 18.9 Å². The zero-order valence-corrected chi connectivity index (χ0v) is 8.94.